The van der Waals surface area contributed by atoms with Gasteiger partial charge in [-0.1, -0.05) is 23.7 Å². The van der Waals surface area contributed by atoms with E-state index in [1.165, 1.54) is 19.3 Å². The topological polar surface area (TPSA) is 75.2 Å². The van der Waals surface area contributed by atoms with E-state index in [1.807, 2.05) is 6.07 Å². The quantitative estimate of drug-likeness (QED) is 0.868. The predicted molar refractivity (Wildman–Crippen MR) is 77.3 cm³/mol. The van der Waals surface area contributed by atoms with E-state index < -0.39 is 6.04 Å². The van der Waals surface area contributed by atoms with Gasteiger partial charge < -0.3 is 14.8 Å². The van der Waals surface area contributed by atoms with Crippen LogP contribution in [0.3, 0.4) is 0 Å². The van der Waals surface area contributed by atoms with Gasteiger partial charge in [0.05, 0.1) is 31.0 Å². The molecule has 0 spiro atoms. The van der Waals surface area contributed by atoms with Crippen LogP contribution in [-0.4, -0.2) is 31.1 Å². The molecule has 0 bridgehead atoms. The van der Waals surface area contributed by atoms with Crippen LogP contribution in [0.1, 0.15) is 11.6 Å². The van der Waals surface area contributed by atoms with Gasteiger partial charge in [0.1, 0.15) is 0 Å². The molecular formula is C13H13ClN4O3. The van der Waals surface area contributed by atoms with Gasteiger partial charge in [-0.25, -0.2) is 0 Å². The number of nitrogens with zero attached hydrogens (tertiary/aromatic N) is 2. The third kappa shape index (κ3) is 2.25. The summed E-state index contributed by atoms with van der Waals surface area (Å²) in [7, 11) is 3.00. The van der Waals surface area contributed by atoms with E-state index >= 15 is 0 Å². The van der Waals surface area contributed by atoms with E-state index in [2.05, 4.69) is 15.8 Å². The van der Waals surface area contributed by atoms with Crippen LogP contribution in [0.4, 0.5) is 5.69 Å². The number of hydrogen-bond donors (Lipinski definition) is 2. The van der Waals surface area contributed by atoms with Crippen molar-refractivity contribution < 1.29 is 14.3 Å². The number of ether oxygens (including phenoxy) is 2. The highest BCUT2D eigenvalue weighted by atomic mass is 35.5. The highest BCUT2D eigenvalue weighted by Crippen LogP contribution is 2.39. The summed E-state index contributed by atoms with van der Waals surface area (Å²) in [5, 5.41) is 8.84. The molecule has 3 rings (SSSR count). The minimum atomic E-state index is -0.664. The number of methoxy groups -OCH3 is 2. The maximum absolute atomic E-state index is 12.3. The Morgan fingerprint density at radius 1 is 1.33 bits per heavy atom. The van der Waals surface area contributed by atoms with E-state index in [-0.39, 0.29) is 5.91 Å². The average Bonchev–Trinajstić information content (AvgIpc) is 2.84. The highest BCUT2D eigenvalue weighted by Gasteiger charge is 2.38. The van der Waals surface area contributed by atoms with Crippen LogP contribution in [0.25, 0.3) is 0 Å². The molecule has 8 heteroatoms. The number of halogens is 1. The molecule has 21 heavy (non-hydrogen) atoms. The maximum Gasteiger partial charge on any atom is 0.255 e. The minimum Gasteiger partial charge on any atom is -0.481 e. The summed E-state index contributed by atoms with van der Waals surface area (Å²) >= 11 is 6.10. The first-order valence-corrected chi connectivity index (χ1v) is 6.55. The van der Waals surface area contributed by atoms with Gasteiger partial charge in [0, 0.05) is 5.56 Å². The second-order valence-electron chi connectivity index (χ2n) is 4.41. The Balaban J connectivity index is 1.99. The van der Waals surface area contributed by atoms with Crippen LogP contribution >= 0.6 is 11.6 Å². The molecule has 0 saturated heterocycles. The van der Waals surface area contributed by atoms with Crippen LogP contribution in [0.2, 0.25) is 5.02 Å². The largest absolute Gasteiger partial charge is 0.481 e. The summed E-state index contributed by atoms with van der Waals surface area (Å²) < 4.78 is 10.3. The van der Waals surface area contributed by atoms with Gasteiger partial charge in [-0.05, 0) is 6.07 Å². The van der Waals surface area contributed by atoms with E-state index in [1.54, 1.807) is 18.2 Å². The fourth-order valence-electron chi connectivity index (χ4n) is 2.22. The van der Waals surface area contributed by atoms with Crippen molar-refractivity contribution in [3.05, 3.63) is 40.7 Å². The van der Waals surface area contributed by atoms with Gasteiger partial charge in [0.25, 0.3) is 5.91 Å². The molecule has 1 aromatic rings. The van der Waals surface area contributed by atoms with Crippen molar-refractivity contribution in [3.63, 3.8) is 0 Å². The second-order valence-corrected chi connectivity index (χ2v) is 4.81. The van der Waals surface area contributed by atoms with Crippen molar-refractivity contribution in [3.8, 4) is 0 Å². The molecule has 0 saturated carbocycles. The zero-order valence-corrected chi connectivity index (χ0v) is 12.1. The first-order chi connectivity index (χ1) is 10.1. The molecular weight excluding hydrogens is 296 g/mol. The van der Waals surface area contributed by atoms with Gasteiger partial charge in [0.2, 0.25) is 11.8 Å². The molecule has 0 aliphatic carbocycles. The van der Waals surface area contributed by atoms with Gasteiger partial charge in [0.15, 0.2) is 6.04 Å². The lowest BCUT2D eigenvalue weighted by Gasteiger charge is -2.29. The number of anilines is 1. The Morgan fingerprint density at radius 3 is 2.86 bits per heavy atom. The molecule has 1 unspecified atom stereocenters. The SMILES string of the molecule is COC1=CC(OC)=NN(C2C(=O)Nc3c(Cl)cccc32)N1. The lowest BCUT2D eigenvalue weighted by atomic mass is 10.1. The summed E-state index contributed by atoms with van der Waals surface area (Å²) in [6.07, 6.45) is 1.59. The predicted octanol–water partition coefficient (Wildman–Crippen LogP) is 1.60. The molecule has 1 amide bonds. The molecule has 110 valence electrons. The molecule has 2 heterocycles. The van der Waals surface area contributed by atoms with Gasteiger partial charge in [-0.3, -0.25) is 10.2 Å². The van der Waals surface area contributed by atoms with Crippen LogP contribution in [0, 0.1) is 0 Å². The van der Waals surface area contributed by atoms with Crippen molar-refractivity contribution >= 4 is 29.1 Å². The molecule has 2 aliphatic heterocycles. The van der Waals surface area contributed by atoms with E-state index in [9.17, 15) is 4.79 Å². The Bertz CT molecular complexity index is 659. The number of rotatable bonds is 2. The summed E-state index contributed by atoms with van der Waals surface area (Å²) in [5.74, 6) is 0.515. The first-order valence-electron chi connectivity index (χ1n) is 6.17. The molecule has 1 atom stereocenters. The standard InChI is InChI=1S/C13H13ClN4O3/c1-20-9-6-10(21-2)17-18(16-9)12-7-4-3-5-8(14)11(7)15-13(12)19/h3-6,12,16H,1-2H3,(H,15,19). The summed E-state index contributed by atoms with van der Waals surface area (Å²) in [6, 6.07) is 4.66. The summed E-state index contributed by atoms with van der Waals surface area (Å²) in [6.45, 7) is 0. The number of hydrazine groups is 1. The average molecular weight is 309 g/mol. The highest BCUT2D eigenvalue weighted by molar-refractivity contribution is 6.34. The molecule has 0 aromatic heterocycles. The second kappa shape index (κ2) is 5.17. The van der Waals surface area contributed by atoms with Crippen molar-refractivity contribution in [1.29, 1.82) is 0 Å². The Kier molecular flexibility index (Phi) is 3.34. The smallest absolute Gasteiger partial charge is 0.255 e. The Morgan fingerprint density at radius 2 is 2.14 bits per heavy atom. The number of hydrazone groups is 1. The summed E-state index contributed by atoms with van der Waals surface area (Å²) in [5.41, 5.74) is 4.23. The zero-order chi connectivity index (χ0) is 15.0. The number of carbonyl (C=O) groups excluding carboxylic acids is 1. The third-order valence-electron chi connectivity index (χ3n) is 3.20. The third-order valence-corrected chi connectivity index (χ3v) is 3.51. The fourth-order valence-corrected chi connectivity index (χ4v) is 2.45. The molecule has 1 aromatic carbocycles. The molecule has 7 nitrogen and oxygen atoms in total. The van der Waals surface area contributed by atoms with Crippen LogP contribution in [-0.2, 0) is 14.3 Å². The first kappa shape index (κ1) is 13.6. The Labute approximate surface area is 126 Å². The van der Waals surface area contributed by atoms with Crippen LogP contribution in [0.5, 0.6) is 0 Å². The van der Waals surface area contributed by atoms with Crippen molar-refractivity contribution in [2.75, 3.05) is 19.5 Å². The zero-order valence-electron chi connectivity index (χ0n) is 11.4. The number of para-hydroxylation sites is 1. The monoisotopic (exact) mass is 308 g/mol. The van der Waals surface area contributed by atoms with Crippen LogP contribution < -0.4 is 10.7 Å². The number of benzene rings is 1. The molecule has 0 radical (unpaired) electrons. The van der Waals surface area contributed by atoms with Crippen molar-refractivity contribution in [2.24, 2.45) is 5.10 Å². The number of fused-ring (bicyclic) bond motifs is 1. The van der Waals surface area contributed by atoms with E-state index in [0.29, 0.717) is 22.5 Å². The van der Waals surface area contributed by atoms with Crippen LogP contribution in [0.15, 0.2) is 35.3 Å². The van der Waals surface area contributed by atoms with Crippen molar-refractivity contribution in [1.82, 2.24) is 10.5 Å². The lowest BCUT2D eigenvalue weighted by Crippen LogP contribution is -2.42. The normalized spacial score (nSPS) is 20.0. The number of hydrogen-bond acceptors (Lipinski definition) is 6. The summed E-state index contributed by atoms with van der Waals surface area (Å²) in [4.78, 5) is 12.3. The Hall–Kier alpha value is -2.41. The minimum absolute atomic E-state index is 0.234. The maximum atomic E-state index is 12.3. The number of amides is 1. The van der Waals surface area contributed by atoms with Gasteiger partial charge >= 0.3 is 0 Å². The van der Waals surface area contributed by atoms with Gasteiger partial charge in [-0.15, -0.1) is 5.10 Å². The number of nitrogens with one attached hydrogen (secondary N) is 2. The number of carbonyl (C=O) groups is 1. The fraction of sp³-hybridized carbons (Fsp3) is 0.231. The van der Waals surface area contributed by atoms with E-state index in [0.717, 1.165) is 5.56 Å². The molecule has 0 fully saturated rings. The van der Waals surface area contributed by atoms with Crippen molar-refractivity contribution in [2.45, 2.75) is 6.04 Å². The molecule has 2 aliphatic rings. The molecule has 2 N–H and O–H groups in total. The van der Waals surface area contributed by atoms with Gasteiger partial charge in [-0.2, -0.15) is 5.12 Å². The lowest BCUT2D eigenvalue weighted by molar-refractivity contribution is -0.122. The van der Waals surface area contributed by atoms with E-state index in [4.69, 9.17) is 21.1 Å².